The lowest BCUT2D eigenvalue weighted by Gasteiger charge is -2.29. The average Bonchev–Trinajstić information content (AvgIpc) is 3.15. The quantitative estimate of drug-likeness (QED) is 0.789. The van der Waals surface area contributed by atoms with E-state index in [-0.39, 0.29) is 17.7 Å². The predicted octanol–water partition coefficient (Wildman–Crippen LogP) is 3.69. The van der Waals surface area contributed by atoms with E-state index in [1.807, 2.05) is 43.3 Å². The largest absolute Gasteiger partial charge is 0.346 e. The highest BCUT2D eigenvalue weighted by Crippen LogP contribution is 2.48. The standard InChI is InChI=1S/C21H22O4/c1-15-2-4-16(5-3-15)19(23)14-18-8-11-21(24-18)13-12-20(25-21)9-6-17(22)7-10-20/h2-7,9-10,18H,8,11-14H2,1H3/t18-,21-/m0/s1. The number of allylic oxidation sites excluding steroid dienone is 2. The van der Waals surface area contributed by atoms with Crippen LogP contribution in [-0.4, -0.2) is 29.1 Å². The Bertz CT molecular complexity index is 743. The van der Waals surface area contributed by atoms with E-state index in [0.29, 0.717) is 6.42 Å². The van der Waals surface area contributed by atoms with Gasteiger partial charge in [0.2, 0.25) is 0 Å². The third kappa shape index (κ3) is 3.24. The second-order valence-electron chi connectivity index (χ2n) is 7.31. The minimum atomic E-state index is -0.618. The number of ether oxygens (including phenoxy) is 2. The molecule has 0 aromatic heterocycles. The van der Waals surface area contributed by atoms with Crippen molar-refractivity contribution in [3.63, 3.8) is 0 Å². The molecule has 4 rings (SSSR count). The Hall–Kier alpha value is -2.04. The first-order valence-electron chi connectivity index (χ1n) is 8.88. The lowest BCUT2D eigenvalue weighted by Crippen LogP contribution is -2.34. The minimum Gasteiger partial charge on any atom is -0.346 e. The Morgan fingerprint density at radius 1 is 1.12 bits per heavy atom. The molecule has 0 N–H and O–H groups in total. The highest BCUT2D eigenvalue weighted by molar-refractivity contribution is 6.00. The number of Topliss-reactive ketones (excluding diaryl/α,β-unsaturated/α-hetero) is 1. The summed E-state index contributed by atoms with van der Waals surface area (Å²) < 4.78 is 12.4. The lowest BCUT2D eigenvalue weighted by molar-refractivity contribution is -0.222. The van der Waals surface area contributed by atoms with Gasteiger partial charge in [0.25, 0.3) is 0 Å². The molecular formula is C21H22O4. The van der Waals surface area contributed by atoms with Crippen LogP contribution in [0.1, 0.15) is 48.0 Å². The van der Waals surface area contributed by atoms with Crippen LogP contribution in [-0.2, 0) is 14.3 Å². The van der Waals surface area contributed by atoms with Gasteiger partial charge in [0.15, 0.2) is 17.4 Å². The van der Waals surface area contributed by atoms with Crippen molar-refractivity contribution in [1.82, 2.24) is 0 Å². The van der Waals surface area contributed by atoms with Crippen molar-refractivity contribution >= 4 is 11.6 Å². The molecule has 2 atom stereocenters. The molecule has 0 bridgehead atoms. The normalized spacial score (nSPS) is 29.8. The molecule has 4 nitrogen and oxygen atoms in total. The van der Waals surface area contributed by atoms with Crippen molar-refractivity contribution in [2.75, 3.05) is 0 Å². The molecule has 130 valence electrons. The second-order valence-corrected chi connectivity index (χ2v) is 7.31. The maximum atomic E-state index is 12.5. The van der Waals surface area contributed by atoms with Crippen LogP contribution in [0, 0.1) is 6.92 Å². The number of carbonyl (C=O) groups excluding carboxylic acids is 2. The summed E-state index contributed by atoms with van der Waals surface area (Å²) in [7, 11) is 0. The van der Waals surface area contributed by atoms with Gasteiger partial charge in [0.1, 0.15) is 5.60 Å². The van der Waals surface area contributed by atoms with Gasteiger partial charge in [-0.2, -0.15) is 0 Å². The topological polar surface area (TPSA) is 52.6 Å². The van der Waals surface area contributed by atoms with Gasteiger partial charge in [0, 0.05) is 24.8 Å². The van der Waals surface area contributed by atoms with Gasteiger partial charge in [-0.25, -0.2) is 0 Å². The van der Waals surface area contributed by atoms with Gasteiger partial charge in [-0.15, -0.1) is 0 Å². The smallest absolute Gasteiger partial charge is 0.178 e. The van der Waals surface area contributed by atoms with Gasteiger partial charge in [-0.05, 0) is 44.1 Å². The number of aryl methyl sites for hydroxylation is 1. The van der Waals surface area contributed by atoms with Crippen molar-refractivity contribution in [3.8, 4) is 0 Å². The van der Waals surface area contributed by atoms with Crippen LogP contribution in [0.25, 0.3) is 0 Å². The summed E-state index contributed by atoms with van der Waals surface area (Å²) in [5.74, 6) is -0.519. The molecule has 2 fully saturated rings. The predicted molar refractivity (Wildman–Crippen MR) is 93.3 cm³/mol. The van der Waals surface area contributed by atoms with E-state index in [1.54, 1.807) is 12.2 Å². The summed E-state index contributed by atoms with van der Waals surface area (Å²) in [5, 5.41) is 0. The first-order valence-corrected chi connectivity index (χ1v) is 8.88. The SMILES string of the molecule is Cc1ccc(C(=O)C[C@@H]2CC[C@]3(CCC4(C=CC(=O)C=C4)O3)O2)cc1. The van der Waals surface area contributed by atoms with Crippen LogP contribution in [0.5, 0.6) is 0 Å². The summed E-state index contributed by atoms with van der Waals surface area (Å²) in [6.45, 7) is 2.01. The van der Waals surface area contributed by atoms with E-state index in [0.717, 1.165) is 36.8 Å². The maximum absolute atomic E-state index is 12.5. The van der Waals surface area contributed by atoms with E-state index < -0.39 is 11.4 Å². The third-order valence-corrected chi connectivity index (χ3v) is 5.35. The molecule has 0 unspecified atom stereocenters. The first-order chi connectivity index (χ1) is 12.0. The summed E-state index contributed by atoms with van der Waals surface area (Å²) in [4.78, 5) is 23.8. The summed E-state index contributed by atoms with van der Waals surface area (Å²) in [6, 6.07) is 7.66. The fraction of sp³-hybridized carbons (Fsp3) is 0.429. The van der Waals surface area contributed by atoms with Gasteiger partial charge < -0.3 is 9.47 Å². The van der Waals surface area contributed by atoms with Crippen LogP contribution in [0.3, 0.4) is 0 Å². The molecule has 2 aliphatic heterocycles. The van der Waals surface area contributed by atoms with Gasteiger partial charge in [-0.3, -0.25) is 9.59 Å². The van der Waals surface area contributed by atoms with Crippen molar-refractivity contribution in [3.05, 3.63) is 59.7 Å². The van der Waals surface area contributed by atoms with E-state index >= 15 is 0 Å². The van der Waals surface area contributed by atoms with Crippen LogP contribution >= 0.6 is 0 Å². The van der Waals surface area contributed by atoms with E-state index in [2.05, 4.69) is 0 Å². The van der Waals surface area contributed by atoms with Crippen molar-refractivity contribution in [1.29, 1.82) is 0 Å². The van der Waals surface area contributed by atoms with Crippen molar-refractivity contribution in [2.45, 2.75) is 56.5 Å². The summed E-state index contributed by atoms with van der Waals surface area (Å²) in [5.41, 5.74) is 1.35. The van der Waals surface area contributed by atoms with Crippen LogP contribution < -0.4 is 0 Å². The van der Waals surface area contributed by atoms with E-state index in [9.17, 15) is 9.59 Å². The Kier molecular flexibility index (Phi) is 3.97. The van der Waals surface area contributed by atoms with E-state index in [4.69, 9.17) is 9.47 Å². The van der Waals surface area contributed by atoms with Crippen LogP contribution in [0.4, 0.5) is 0 Å². The number of hydrogen-bond acceptors (Lipinski definition) is 4. The van der Waals surface area contributed by atoms with Crippen LogP contribution in [0.15, 0.2) is 48.6 Å². The van der Waals surface area contributed by atoms with Crippen LogP contribution in [0.2, 0.25) is 0 Å². The molecule has 2 saturated heterocycles. The monoisotopic (exact) mass is 338 g/mol. The van der Waals surface area contributed by atoms with E-state index in [1.165, 1.54) is 0 Å². The molecule has 0 saturated carbocycles. The lowest BCUT2D eigenvalue weighted by atomic mass is 9.94. The fourth-order valence-electron chi connectivity index (χ4n) is 3.90. The fourth-order valence-corrected chi connectivity index (χ4v) is 3.90. The Labute approximate surface area is 147 Å². The van der Waals surface area contributed by atoms with Crippen molar-refractivity contribution < 1.29 is 19.1 Å². The maximum Gasteiger partial charge on any atom is 0.178 e. The molecule has 4 heteroatoms. The molecule has 1 aliphatic carbocycles. The molecular weight excluding hydrogens is 316 g/mol. The molecule has 3 aliphatic rings. The van der Waals surface area contributed by atoms with Gasteiger partial charge >= 0.3 is 0 Å². The molecule has 25 heavy (non-hydrogen) atoms. The molecule has 1 aromatic rings. The molecule has 1 aromatic carbocycles. The summed E-state index contributed by atoms with van der Waals surface area (Å²) in [6.07, 6.45) is 10.2. The average molecular weight is 338 g/mol. The molecule has 0 amide bonds. The Morgan fingerprint density at radius 2 is 1.84 bits per heavy atom. The Morgan fingerprint density at radius 3 is 2.56 bits per heavy atom. The molecule has 0 radical (unpaired) electrons. The summed E-state index contributed by atoms with van der Waals surface area (Å²) >= 11 is 0. The van der Waals surface area contributed by atoms with Gasteiger partial charge in [0.05, 0.1) is 6.10 Å². The highest BCUT2D eigenvalue weighted by atomic mass is 16.7. The first kappa shape index (κ1) is 16.4. The molecule has 2 spiro atoms. The second kappa shape index (κ2) is 6.04. The number of ketones is 2. The third-order valence-electron chi connectivity index (χ3n) is 5.35. The molecule has 2 heterocycles. The number of hydrogen-bond donors (Lipinski definition) is 0. The number of rotatable bonds is 3. The van der Waals surface area contributed by atoms with Crippen molar-refractivity contribution in [2.24, 2.45) is 0 Å². The zero-order valence-electron chi connectivity index (χ0n) is 14.4. The zero-order chi connectivity index (χ0) is 17.5. The van der Waals surface area contributed by atoms with Gasteiger partial charge in [-0.1, -0.05) is 29.8 Å². The highest BCUT2D eigenvalue weighted by Gasteiger charge is 2.52. The number of carbonyl (C=O) groups is 2. The Balaban J connectivity index is 1.39. The minimum absolute atomic E-state index is 0.0101. The zero-order valence-corrected chi connectivity index (χ0v) is 14.4. The number of benzene rings is 1.